The highest BCUT2D eigenvalue weighted by atomic mass is 16.6. The number of ether oxygens (including phenoxy) is 3. The lowest BCUT2D eigenvalue weighted by Crippen LogP contribution is -2.29. The number of benzene rings is 3. The van der Waals surface area contributed by atoms with Crippen molar-refractivity contribution in [3.63, 3.8) is 0 Å². The molecule has 3 aromatic rings. The Morgan fingerprint density at radius 1 is 0.784 bits per heavy atom. The highest BCUT2D eigenvalue weighted by Crippen LogP contribution is 2.44. The van der Waals surface area contributed by atoms with Crippen LogP contribution in [0.25, 0.3) is 11.1 Å². The van der Waals surface area contributed by atoms with E-state index in [1.165, 1.54) is 22.3 Å². The molecule has 1 aliphatic carbocycles. The van der Waals surface area contributed by atoms with E-state index in [-0.39, 0.29) is 31.7 Å². The van der Waals surface area contributed by atoms with Gasteiger partial charge in [-0.15, -0.1) is 0 Å². The second-order valence-corrected chi connectivity index (χ2v) is 8.86. The fourth-order valence-corrected chi connectivity index (χ4v) is 4.39. The number of fused-ring (bicyclic) bond motifs is 3. The van der Waals surface area contributed by atoms with Crippen LogP contribution in [0.4, 0.5) is 10.5 Å². The first kappa shape index (κ1) is 26.2. The maximum Gasteiger partial charge on any atom is 0.407 e. The largest absolute Gasteiger partial charge is 0.460 e. The van der Waals surface area contributed by atoms with E-state index in [9.17, 15) is 9.59 Å². The molecule has 1 amide bonds. The highest BCUT2D eigenvalue weighted by molar-refractivity contribution is 5.89. The molecule has 0 atom stereocenters. The number of unbranched alkanes of at least 4 members (excludes halogenated alkanes) is 1. The maximum atomic E-state index is 12.2. The Labute approximate surface area is 218 Å². The van der Waals surface area contributed by atoms with Gasteiger partial charge in [-0.1, -0.05) is 61.9 Å². The summed E-state index contributed by atoms with van der Waals surface area (Å²) in [5, 5.41) is 6.01. The zero-order chi connectivity index (χ0) is 25.9. The van der Waals surface area contributed by atoms with E-state index >= 15 is 0 Å². The lowest BCUT2D eigenvalue weighted by Gasteiger charge is -2.14. The summed E-state index contributed by atoms with van der Waals surface area (Å²) in [6.07, 6.45) is 1.75. The molecule has 0 bridgehead atoms. The van der Waals surface area contributed by atoms with Crippen LogP contribution in [-0.4, -0.2) is 51.6 Å². The average Bonchev–Trinajstić information content (AvgIpc) is 3.25. The second-order valence-electron chi connectivity index (χ2n) is 8.86. The van der Waals surface area contributed by atoms with E-state index in [4.69, 9.17) is 14.2 Å². The molecule has 0 spiro atoms. The number of anilines is 1. The first-order valence-electron chi connectivity index (χ1n) is 12.8. The van der Waals surface area contributed by atoms with Gasteiger partial charge in [0, 0.05) is 24.7 Å². The normalized spacial score (nSPS) is 11.9. The van der Waals surface area contributed by atoms with Crippen molar-refractivity contribution < 1.29 is 23.8 Å². The Kier molecular flexibility index (Phi) is 9.54. The van der Waals surface area contributed by atoms with E-state index in [0.717, 1.165) is 25.1 Å². The first-order valence-corrected chi connectivity index (χ1v) is 12.8. The third-order valence-electron chi connectivity index (χ3n) is 6.30. The highest BCUT2D eigenvalue weighted by Gasteiger charge is 2.28. The number of esters is 1. The molecule has 0 aliphatic heterocycles. The number of nitrogens with one attached hydrogen (secondary N) is 2. The van der Waals surface area contributed by atoms with E-state index in [2.05, 4.69) is 41.8 Å². The van der Waals surface area contributed by atoms with Crippen molar-refractivity contribution in [3.05, 3.63) is 89.5 Å². The van der Waals surface area contributed by atoms with Crippen LogP contribution in [0.2, 0.25) is 0 Å². The predicted octanol–water partition coefficient (Wildman–Crippen LogP) is 5.61. The van der Waals surface area contributed by atoms with Gasteiger partial charge in [0.15, 0.2) is 0 Å². The molecule has 4 rings (SSSR count). The van der Waals surface area contributed by atoms with Crippen molar-refractivity contribution in [1.29, 1.82) is 0 Å². The number of rotatable bonds is 13. The van der Waals surface area contributed by atoms with Gasteiger partial charge in [-0.25, -0.2) is 9.59 Å². The van der Waals surface area contributed by atoms with Crippen LogP contribution < -0.4 is 10.6 Å². The van der Waals surface area contributed by atoms with E-state index in [1.807, 2.05) is 36.4 Å². The minimum Gasteiger partial charge on any atom is -0.460 e. The maximum absolute atomic E-state index is 12.2. The lowest BCUT2D eigenvalue weighted by atomic mass is 9.98. The van der Waals surface area contributed by atoms with Gasteiger partial charge < -0.3 is 24.8 Å². The molecule has 7 nitrogen and oxygen atoms in total. The molecule has 37 heavy (non-hydrogen) atoms. The van der Waals surface area contributed by atoms with Gasteiger partial charge in [0.05, 0.1) is 18.8 Å². The van der Waals surface area contributed by atoms with Gasteiger partial charge in [0.25, 0.3) is 0 Å². The predicted molar refractivity (Wildman–Crippen MR) is 144 cm³/mol. The molecule has 1 aliphatic rings. The molecule has 0 radical (unpaired) electrons. The fourth-order valence-electron chi connectivity index (χ4n) is 4.39. The van der Waals surface area contributed by atoms with Crippen LogP contribution in [0, 0.1) is 0 Å². The van der Waals surface area contributed by atoms with Crippen molar-refractivity contribution in [2.75, 3.05) is 44.8 Å². The molecule has 7 heteroatoms. The van der Waals surface area contributed by atoms with Crippen LogP contribution in [0.3, 0.4) is 0 Å². The van der Waals surface area contributed by atoms with Crippen molar-refractivity contribution in [1.82, 2.24) is 5.32 Å². The summed E-state index contributed by atoms with van der Waals surface area (Å²) < 4.78 is 16.2. The Morgan fingerprint density at radius 3 is 2.14 bits per heavy atom. The number of hydrogen-bond acceptors (Lipinski definition) is 6. The third-order valence-corrected chi connectivity index (χ3v) is 6.30. The Morgan fingerprint density at radius 2 is 1.46 bits per heavy atom. The van der Waals surface area contributed by atoms with Crippen molar-refractivity contribution >= 4 is 17.7 Å². The summed E-state index contributed by atoms with van der Waals surface area (Å²) in [7, 11) is 0. The Bertz CT molecular complexity index is 1130. The van der Waals surface area contributed by atoms with Crippen LogP contribution >= 0.6 is 0 Å². The molecule has 2 N–H and O–H groups in total. The lowest BCUT2D eigenvalue weighted by molar-refractivity contribution is 0.0321. The van der Waals surface area contributed by atoms with Gasteiger partial charge >= 0.3 is 12.1 Å². The zero-order valence-electron chi connectivity index (χ0n) is 21.2. The van der Waals surface area contributed by atoms with Crippen LogP contribution in [0.1, 0.15) is 47.2 Å². The van der Waals surface area contributed by atoms with Gasteiger partial charge in [-0.05, 0) is 52.9 Å². The molecule has 0 heterocycles. The quantitative estimate of drug-likeness (QED) is 0.233. The van der Waals surface area contributed by atoms with Gasteiger partial charge in [0.2, 0.25) is 0 Å². The Balaban J connectivity index is 1.09. The van der Waals surface area contributed by atoms with E-state index in [1.54, 1.807) is 12.1 Å². The van der Waals surface area contributed by atoms with E-state index in [0.29, 0.717) is 18.7 Å². The Hall–Kier alpha value is -3.84. The molecular formula is C30H34N2O5. The summed E-state index contributed by atoms with van der Waals surface area (Å²) in [6, 6.07) is 23.7. The standard InChI is InChI=1S/C30H34N2O5/c1-2-3-16-31-23-14-12-22(13-15-23)29(33)36-20-19-35-18-17-32-30(34)37-21-28-26-10-6-4-8-24(26)25-9-5-7-11-27(25)28/h4-15,28,31H,2-3,16-21H2,1H3,(H,32,34). The number of amides is 1. The van der Waals surface area contributed by atoms with E-state index < -0.39 is 6.09 Å². The number of carbonyl (C=O) groups is 2. The summed E-state index contributed by atoms with van der Waals surface area (Å²) in [6.45, 7) is 4.30. The smallest absolute Gasteiger partial charge is 0.407 e. The molecule has 0 fully saturated rings. The zero-order valence-corrected chi connectivity index (χ0v) is 21.2. The van der Waals surface area contributed by atoms with Crippen molar-refractivity contribution in [2.45, 2.75) is 25.7 Å². The number of alkyl carbamates (subject to hydrolysis) is 1. The SMILES string of the molecule is CCCCNc1ccc(C(=O)OCCOCCNC(=O)OCC2c3ccccc3-c3ccccc32)cc1. The minimum atomic E-state index is -0.482. The van der Waals surface area contributed by atoms with Crippen LogP contribution in [-0.2, 0) is 14.2 Å². The topological polar surface area (TPSA) is 85.9 Å². The molecular weight excluding hydrogens is 468 g/mol. The summed E-state index contributed by atoms with van der Waals surface area (Å²) in [4.78, 5) is 24.4. The van der Waals surface area contributed by atoms with Crippen molar-refractivity contribution in [2.24, 2.45) is 0 Å². The number of hydrogen-bond donors (Lipinski definition) is 2. The molecule has 194 valence electrons. The summed E-state index contributed by atoms with van der Waals surface area (Å²) in [5.74, 6) is -0.363. The monoisotopic (exact) mass is 502 g/mol. The van der Waals surface area contributed by atoms with Crippen molar-refractivity contribution in [3.8, 4) is 11.1 Å². The van der Waals surface area contributed by atoms with Crippen LogP contribution in [0.5, 0.6) is 0 Å². The minimum absolute atomic E-state index is 0.0256. The third kappa shape index (κ3) is 7.11. The second kappa shape index (κ2) is 13.5. The molecule has 3 aromatic carbocycles. The van der Waals surface area contributed by atoms with Gasteiger partial charge in [-0.2, -0.15) is 0 Å². The molecule has 0 unspecified atom stereocenters. The van der Waals surface area contributed by atoms with Gasteiger partial charge in [-0.3, -0.25) is 0 Å². The van der Waals surface area contributed by atoms with Crippen LogP contribution in [0.15, 0.2) is 72.8 Å². The molecule has 0 aromatic heterocycles. The molecule has 0 saturated heterocycles. The van der Waals surface area contributed by atoms with Gasteiger partial charge in [0.1, 0.15) is 13.2 Å². The fraction of sp³-hybridized carbons (Fsp3) is 0.333. The summed E-state index contributed by atoms with van der Waals surface area (Å²) in [5.41, 5.74) is 6.22. The summed E-state index contributed by atoms with van der Waals surface area (Å²) >= 11 is 0. The average molecular weight is 503 g/mol. The number of carbonyl (C=O) groups excluding carboxylic acids is 2. The molecule has 0 saturated carbocycles. The first-order chi connectivity index (χ1) is 18.2.